The first kappa shape index (κ1) is 14.3. The summed E-state index contributed by atoms with van der Waals surface area (Å²) in [5, 5.41) is 3.33. The molecular formula is C14H22N6. The van der Waals surface area contributed by atoms with Crippen LogP contribution in [0.25, 0.3) is 0 Å². The first-order valence-corrected chi connectivity index (χ1v) is 6.83. The van der Waals surface area contributed by atoms with Crippen LogP contribution in [0.1, 0.15) is 37.0 Å². The molecular weight excluding hydrogens is 252 g/mol. The molecule has 0 saturated carbocycles. The summed E-state index contributed by atoms with van der Waals surface area (Å²) in [6, 6.07) is 0. The van der Waals surface area contributed by atoms with Crippen LogP contribution in [0.4, 0.5) is 11.6 Å². The van der Waals surface area contributed by atoms with Gasteiger partial charge in [-0.3, -0.25) is 0 Å². The molecule has 20 heavy (non-hydrogen) atoms. The Balaban J connectivity index is 2.07. The zero-order valence-corrected chi connectivity index (χ0v) is 12.5. The minimum absolute atomic E-state index is 0.257. The topological polar surface area (TPSA) is 81.7 Å². The summed E-state index contributed by atoms with van der Waals surface area (Å²) in [6.07, 6.45) is 4.59. The molecule has 3 N–H and O–H groups in total. The smallest absolute Gasteiger partial charge is 0.135 e. The van der Waals surface area contributed by atoms with Crippen molar-refractivity contribution in [3.05, 3.63) is 29.6 Å². The van der Waals surface area contributed by atoms with E-state index in [1.54, 1.807) is 6.20 Å². The molecule has 0 aliphatic carbocycles. The van der Waals surface area contributed by atoms with Crippen LogP contribution >= 0.6 is 0 Å². The van der Waals surface area contributed by atoms with Crippen molar-refractivity contribution in [1.82, 2.24) is 19.5 Å². The van der Waals surface area contributed by atoms with Crippen molar-refractivity contribution in [2.75, 3.05) is 17.6 Å². The molecule has 6 heteroatoms. The highest BCUT2D eigenvalue weighted by Crippen LogP contribution is 2.20. The fraction of sp³-hybridized carbons (Fsp3) is 0.500. The summed E-state index contributed by atoms with van der Waals surface area (Å²) in [4.78, 5) is 13.2. The summed E-state index contributed by atoms with van der Waals surface area (Å²) >= 11 is 0. The molecule has 0 radical (unpaired) electrons. The molecule has 0 unspecified atom stereocenters. The fourth-order valence-electron chi connectivity index (χ4n) is 1.91. The van der Waals surface area contributed by atoms with Crippen LogP contribution in [0.3, 0.4) is 0 Å². The molecule has 2 heterocycles. The van der Waals surface area contributed by atoms with Gasteiger partial charge in [0.25, 0.3) is 0 Å². The highest BCUT2D eigenvalue weighted by atomic mass is 15.1. The van der Waals surface area contributed by atoms with E-state index in [0.29, 0.717) is 5.82 Å². The summed E-state index contributed by atoms with van der Waals surface area (Å²) in [5.41, 5.74) is 6.84. The van der Waals surface area contributed by atoms with Crippen LogP contribution in [0.2, 0.25) is 0 Å². The molecule has 0 spiro atoms. The van der Waals surface area contributed by atoms with Crippen molar-refractivity contribution in [3.8, 4) is 0 Å². The van der Waals surface area contributed by atoms with E-state index < -0.39 is 0 Å². The van der Waals surface area contributed by atoms with Crippen LogP contribution in [0, 0.1) is 6.92 Å². The summed E-state index contributed by atoms with van der Waals surface area (Å²) in [7, 11) is 1.99. The number of anilines is 2. The van der Waals surface area contributed by atoms with Crippen molar-refractivity contribution in [3.63, 3.8) is 0 Å². The Morgan fingerprint density at radius 3 is 2.70 bits per heavy atom. The SMILES string of the molecule is Cc1c(N)nc(C(C)C)nc1NCCc1nccn1C. The van der Waals surface area contributed by atoms with Crippen molar-refractivity contribution in [1.29, 1.82) is 0 Å². The van der Waals surface area contributed by atoms with Gasteiger partial charge in [-0.15, -0.1) is 0 Å². The molecule has 0 fully saturated rings. The van der Waals surface area contributed by atoms with Crippen LogP contribution in [0.15, 0.2) is 12.4 Å². The summed E-state index contributed by atoms with van der Waals surface area (Å²) in [6.45, 7) is 6.81. The van der Waals surface area contributed by atoms with E-state index in [-0.39, 0.29) is 5.92 Å². The molecule has 108 valence electrons. The number of nitrogens with one attached hydrogen (secondary N) is 1. The van der Waals surface area contributed by atoms with Crippen LogP contribution < -0.4 is 11.1 Å². The third-order valence-electron chi connectivity index (χ3n) is 3.28. The fourth-order valence-corrected chi connectivity index (χ4v) is 1.91. The second-order valence-electron chi connectivity index (χ2n) is 5.23. The first-order chi connectivity index (χ1) is 9.49. The predicted octanol–water partition coefficient (Wildman–Crippen LogP) is 1.88. The van der Waals surface area contributed by atoms with E-state index in [9.17, 15) is 0 Å². The quantitative estimate of drug-likeness (QED) is 0.870. The monoisotopic (exact) mass is 274 g/mol. The van der Waals surface area contributed by atoms with Crippen LogP contribution in [-0.2, 0) is 13.5 Å². The maximum atomic E-state index is 5.94. The van der Waals surface area contributed by atoms with Gasteiger partial charge in [-0.25, -0.2) is 15.0 Å². The van der Waals surface area contributed by atoms with Crippen molar-refractivity contribution in [2.24, 2.45) is 7.05 Å². The standard InChI is InChI=1S/C14H22N6/c1-9(2)13-18-12(15)10(3)14(19-13)17-6-5-11-16-7-8-20(11)4/h7-9H,5-6H2,1-4H3,(H3,15,17,18,19). The van der Waals surface area contributed by atoms with Gasteiger partial charge >= 0.3 is 0 Å². The second kappa shape index (κ2) is 5.90. The highest BCUT2D eigenvalue weighted by Gasteiger charge is 2.11. The van der Waals surface area contributed by atoms with Gasteiger partial charge in [0.1, 0.15) is 23.3 Å². The lowest BCUT2D eigenvalue weighted by Crippen LogP contribution is -2.13. The number of nitrogens with zero attached hydrogens (tertiary/aromatic N) is 4. The Labute approximate surface area is 119 Å². The molecule has 0 aliphatic heterocycles. The number of imidazole rings is 1. The van der Waals surface area contributed by atoms with Gasteiger partial charge in [-0.05, 0) is 6.92 Å². The molecule has 0 atom stereocenters. The highest BCUT2D eigenvalue weighted by molar-refractivity contribution is 5.54. The lowest BCUT2D eigenvalue weighted by atomic mass is 10.2. The van der Waals surface area contributed by atoms with Gasteiger partial charge < -0.3 is 15.6 Å². The third kappa shape index (κ3) is 3.07. The van der Waals surface area contributed by atoms with Crippen LogP contribution in [-0.4, -0.2) is 26.1 Å². The average molecular weight is 274 g/mol. The lowest BCUT2D eigenvalue weighted by molar-refractivity contribution is 0.767. The summed E-state index contributed by atoms with van der Waals surface area (Å²) < 4.78 is 2.02. The zero-order valence-electron chi connectivity index (χ0n) is 12.5. The van der Waals surface area contributed by atoms with E-state index in [0.717, 1.165) is 36.0 Å². The van der Waals surface area contributed by atoms with Gasteiger partial charge in [0.05, 0.1) is 0 Å². The van der Waals surface area contributed by atoms with Crippen LogP contribution in [0.5, 0.6) is 0 Å². The number of hydrogen-bond acceptors (Lipinski definition) is 5. The maximum Gasteiger partial charge on any atom is 0.135 e. The molecule has 0 aliphatic rings. The normalized spacial score (nSPS) is 11.1. The van der Waals surface area contributed by atoms with Gasteiger partial charge in [0.15, 0.2) is 0 Å². The van der Waals surface area contributed by atoms with Gasteiger partial charge in [-0.2, -0.15) is 0 Å². The minimum atomic E-state index is 0.257. The Morgan fingerprint density at radius 2 is 2.10 bits per heavy atom. The number of nitrogens with two attached hydrogens (primary N) is 1. The van der Waals surface area contributed by atoms with E-state index in [1.165, 1.54) is 0 Å². The first-order valence-electron chi connectivity index (χ1n) is 6.83. The average Bonchev–Trinajstić information content (AvgIpc) is 2.80. The molecule has 0 amide bonds. The number of hydrogen-bond donors (Lipinski definition) is 2. The Hall–Kier alpha value is -2.11. The molecule has 2 aromatic rings. The van der Waals surface area contributed by atoms with E-state index in [4.69, 9.17) is 5.73 Å². The maximum absolute atomic E-state index is 5.94. The van der Waals surface area contributed by atoms with Gasteiger partial charge in [-0.1, -0.05) is 13.8 Å². The van der Waals surface area contributed by atoms with Crippen molar-refractivity contribution >= 4 is 11.6 Å². The molecule has 6 nitrogen and oxygen atoms in total. The second-order valence-corrected chi connectivity index (χ2v) is 5.23. The predicted molar refractivity (Wildman–Crippen MR) is 80.7 cm³/mol. The van der Waals surface area contributed by atoms with E-state index in [2.05, 4.69) is 34.1 Å². The van der Waals surface area contributed by atoms with E-state index >= 15 is 0 Å². The largest absolute Gasteiger partial charge is 0.383 e. The molecule has 0 aromatic carbocycles. The zero-order chi connectivity index (χ0) is 14.7. The lowest BCUT2D eigenvalue weighted by Gasteiger charge is -2.13. The molecule has 0 bridgehead atoms. The Bertz CT molecular complexity index is 587. The van der Waals surface area contributed by atoms with E-state index in [1.807, 2.05) is 24.7 Å². The van der Waals surface area contributed by atoms with Gasteiger partial charge in [0.2, 0.25) is 0 Å². The minimum Gasteiger partial charge on any atom is -0.383 e. The third-order valence-corrected chi connectivity index (χ3v) is 3.28. The molecule has 2 rings (SSSR count). The number of nitrogen functional groups attached to an aromatic ring is 1. The van der Waals surface area contributed by atoms with Gasteiger partial charge in [0, 0.05) is 43.9 Å². The number of aryl methyl sites for hydroxylation is 1. The van der Waals surface area contributed by atoms with Crippen molar-refractivity contribution in [2.45, 2.75) is 33.1 Å². The Morgan fingerprint density at radius 1 is 1.35 bits per heavy atom. The Kier molecular flexibility index (Phi) is 4.22. The molecule has 0 saturated heterocycles. The number of aromatic nitrogens is 4. The van der Waals surface area contributed by atoms with Crippen molar-refractivity contribution < 1.29 is 0 Å². The summed E-state index contributed by atoms with van der Waals surface area (Å²) in [5.74, 6) is 3.43. The molecule has 2 aromatic heterocycles. The number of rotatable bonds is 5.